The van der Waals surface area contributed by atoms with Gasteiger partial charge in [-0.3, -0.25) is 0 Å². The third kappa shape index (κ3) is 4.11. The Bertz CT molecular complexity index is 3470. The summed E-state index contributed by atoms with van der Waals surface area (Å²) < 4.78 is 6.73. The van der Waals surface area contributed by atoms with Crippen molar-refractivity contribution < 1.29 is 4.74 Å². The van der Waals surface area contributed by atoms with Crippen molar-refractivity contribution in [2.75, 3.05) is 0 Å². The Morgan fingerprint density at radius 2 is 0.705 bits per heavy atom. The average molecular weight is 773 g/mol. The van der Waals surface area contributed by atoms with E-state index in [4.69, 9.17) is 4.74 Å². The fourth-order valence-corrected chi connectivity index (χ4v) is 12.0. The van der Waals surface area contributed by atoms with Crippen LogP contribution in [0.3, 0.4) is 0 Å². The highest BCUT2D eigenvalue weighted by Crippen LogP contribution is 2.65. The number of benzene rings is 10. The predicted molar refractivity (Wildman–Crippen MR) is 248 cm³/mol. The molecule has 1 unspecified atom stereocenters. The molecule has 1 heteroatoms. The van der Waals surface area contributed by atoms with Crippen LogP contribution in [0.25, 0.3) is 66.4 Å². The molecule has 1 nitrogen and oxygen atoms in total. The highest BCUT2D eigenvalue weighted by molar-refractivity contribution is 6.06. The molecule has 1 atom stereocenters. The van der Waals surface area contributed by atoms with E-state index < -0.39 is 10.8 Å². The maximum Gasteiger partial charge on any atom is 0.132 e. The lowest BCUT2D eigenvalue weighted by Crippen LogP contribution is -2.32. The Hall–Kier alpha value is -7.74. The molecule has 0 bridgehead atoms. The molecule has 0 saturated heterocycles. The summed E-state index contributed by atoms with van der Waals surface area (Å²) in [5, 5.41) is 2.59. The maximum absolute atomic E-state index is 6.73. The van der Waals surface area contributed by atoms with E-state index in [1.807, 2.05) is 0 Å². The van der Waals surface area contributed by atoms with Gasteiger partial charge in [0.05, 0.1) is 10.8 Å². The van der Waals surface area contributed by atoms with Crippen molar-refractivity contribution in [2.24, 2.45) is 0 Å². The van der Waals surface area contributed by atoms with Crippen LogP contribution < -0.4 is 4.74 Å². The molecule has 14 rings (SSSR count). The fourth-order valence-electron chi connectivity index (χ4n) is 12.0. The first kappa shape index (κ1) is 33.1. The number of hydrogen-bond acceptors (Lipinski definition) is 1. The molecule has 0 fully saturated rings. The highest BCUT2D eigenvalue weighted by Gasteiger charge is 2.53. The van der Waals surface area contributed by atoms with Gasteiger partial charge in [-0.2, -0.15) is 0 Å². The maximum atomic E-state index is 6.73. The van der Waals surface area contributed by atoms with Crippen molar-refractivity contribution >= 4 is 10.8 Å². The Balaban J connectivity index is 0.917. The number of ether oxygens (including phenoxy) is 1. The quantitative estimate of drug-likeness (QED) is 0.170. The Labute approximate surface area is 354 Å². The van der Waals surface area contributed by atoms with E-state index in [-0.39, 0.29) is 0 Å². The monoisotopic (exact) mass is 772 g/mol. The number of fused-ring (bicyclic) bond motifs is 21. The molecule has 61 heavy (non-hydrogen) atoms. The third-order valence-corrected chi connectivity index (χ3v) is 14.4. The van der Waals surface area contributed by atoms with Crippen LogP contribution in [0, 0.1) is 0 Å². The van der Waals surface area contributed by atoms with Gasteiger partial charge in [-0.25, -0.2) is 0 Å². The molecule has 0 N–H and O–H groups in total. The molecular weight excluding hydrogens is 737 g/mol. The van der Waals surface area contributed by atoms with Gasteiger partial charge in [0.2, 0.25) is 0 Å². The van der Waals surface area contributed by atoms with Crippen LogP contribution in [0.15, 0.2) is 218 Å². The molecule has 0 radical (unpaired) electrons. The fraction of sp³-hybridized carbons (Fsp3) is 0.0333. The first-order valence-corrected chi connectivity index (χ1v) is 21.3. The standard InChI is InChI=1S/C60H36O/c1-2-14-42-39(13-1)30-33-53-58(42)47-18-6-10-22-51(47)60(53)50-21-9-5-17-45(50)46-32-29-40(35-54(46)60)37-25-27-38(28-26-37)41-31-34-57-55(36-41)59(52-23-11-12-24-56(52)61-57)48-19-7-3-15-43(48)44-16-4-8-20-49(44)59/h1-36H. The van der Waals surface area contributed by atoms with Crippen LogP contribution in [-0.2, 0) is 10.8 Å². The van der Waals surface area contributed by atoms with Crippen molar-refractivity contribution in [2.45, 2.75) is 10.8 Å². The zero-order valence-electron chi connectivity index (χ0n) is 33.2. The van der Waals surface area contributed by atoms with Gasteiger partial charge >= 0.3 is 0 Å². The van der Waals surface area contributed by atoms with E-state index in [2.05, 4.69) is 218 Å². The summed E-state index contributed by atoms with van der Waals surface area (Å²) in [5.74, 6) is 1.82. The second-order valence-corrected chi connectivity index (χ2v) is 17.0. The zero-order chi connectivity index (χ0) is 39.9. The summed E-state index contributed by atoms with van der Waals surface area (Å²) >= 11 is 0. The summed E-state index contributed by atoms with van der Waals surface area (Å²) in [6, 6.07) is 81.3. The molecule has 4 aliphatic rings. The molecule has 10 aromatic carbocycles. The van der Waals surface area contributed by atoms with Gasteiger partial charge in [0.15, 0.2) is 0 Å². The molecule has 3 aliphatic carbocycles. The number of rotatable bonds is 2. The molecule has 282 valence electrons. The summed E-state index contributed by atoms with van der Waals surface area (Å²) in [5.41, 5.74) is 22.2. The molecule has 0 saturated carbocycles. The number of hydrogen-bond donors (Lipinski definition) is 0. The topological polar surface area (TPSA) is 9.23 Å². The minimum Gasteiger partial charge on any atom is -0.457 e. The van der Waals surface area contributed by atoms with Crippen LogP contribution in [0.5, 0.6) is 11.5 Å². The van der Waals surface area contributed by atoms with Crippen LogP contribution in [0.4, 0.5) is 0 Å². The summed E-state index contributed by atoms with van der Waals surface area (Å²) in [4.78, 5) is 0. The van der Waals surface area contributed by atoms with Crippen molar-refractivity contribution in [3.05, 3.63) is 263 Å². The van der Waals surface area contributed by atoms with Crippen LogP contribution in [0.2, 0.25) is 0 Å². The van der Waals surface area contributed by atoms with E-state index in [0.29, 0.717) is 0 Å². The molecule has 0 amide bonds. The van der Waals surface area contributed by atoms with Crippen LogP contribution >= 0.6 is 0 Å². The lowest BCUT2D eigenvalue weighted by Gasteiger charge is -2.39. The Morgan fingerprint density at radius 1 is 0.262 bits per heavy atom. The molecular formula is C60H36O. The van der Waals surface area contributed by atoms with Gasteiger partial charge in [-0.15, -0.1) is 0 Å². The van der Waals surface area contributed by atoms with Crippen molar-refractivity contribution in [3.8, 4) is 67.1 Å². The second kappa shape index (κ2) is 11.9. The van der Waals surface area contributed by atoms with E-state index in [9.17, 15) is 0 Å². The van der Waals surface area contributed by atoms with E-state index >= 15 is 0 Å². The minimum atomic E-state index is -0.491. The number of para-hydroxylation sites is 1. The molecule has 2 spiro atoms. The summed E-state index contributed by atoms with van der Waals surface area (Å²) in [6.45, 7) is 0. The predicted octanol–water partition coefficient (Wildman–Crippen LogP) is 15.0. The highest BCUT2D eigenvalue weighted by atomic mass is 16.5. The lowest BCUT2D eigenvalue weighted by atomic mass is 9.66. The van der Waals surface area contributed by atoms with Gasteiger partial charge in [-0.05, 0) is 124 Å². The van der Waals surface area contributed by atoms with Crippen LogP contribution in [-0.4, -0.2) is 0 Å². The smallest absolute Gasteiger partial charge is 0.132 e. The van der Waals surface area contributed by atoms with Gasteiger partial charge in [-0.1, -0.05) is 194 Å². The molecule has 1 aliphatic heterocycles. The first-order chi connectivity index (χ1) is 30.2. The van der Waals surface area contributed by atoms with Crippen LogP contribution in [0.1, 0.15) is 44.5 Å². The average Bonchev–Trinajstić information content (AvgIpc) is 3.92. The normalized spacial score (nSPS) is 16.2. The molecule has 0 aromatic heterocycles. The van der Waals surface area contributed by atoms with Crippen molar-refractivity contribution in [1.82, 2.24) is 0 Å². The van der Waals surface area contributed by atoms with Gasteiger partial charge in [0.1, 0.15) is 11.5 Å². The summed E-state index contributed by atoms with van der Waals surface area (Å²) in [7, 11) is 0. The van der Waals surface area contributed by atoms with Gasteiger partial charge in [0, 0.05) is 11.1 Å². The van der Waals surface area contributed by atoms with E-state index in [0.717, 1.165) is 11.5 Å². The SMILES string of the molecule is c1ccc2c(c1)Oc1ccc(-c3ccc(-c4ccc5c(c4)C4(c6ccccc6-5)c5ccccc5-c5c4ccc4ccccc54)cc3)cc1C21c2ccccc2-c2ccccc21. The van der Waals surface area contributed by atoms with Crippen molar-refractivity contribution in [1.29, 1.82) is 0 Å². The van der Waals surface area contributed by atoms with E-state index in [1.54, 1.807) is 0 Å². The van der Waals surface area contributed by atoms with Gasteiger partial charge in [0.25, 0.3) is 0 Å². The van der Waals surface area contributed by atoms with Crippen molar-refractivity contribution in [3.63, 3.8) is 0 Å². The first-order valence-electron chi connectivity index (χ1n) is 21.3. The van der Waals surface area contributed by atoms with E-state index in [1.165, 1.54) is 111 Å². The molecule has 1 heterocycles. The third-order valence-electron chi connectivity index (χ3n) is 14.4. The molecule has 10 aromatic rings. The Kier molecular flexibility index (Phi) is 6.48. The minimum absolute atomic E-state index is 0.408. The second-order valence-electron chi connectivity index (χ2n) is 17.0. The largest absolute Gasteiger partial charge is 0.457 e. The Morgan fingerprint density at radius 3 is 1.36 bits per heavy atom. The van der Waals surface area contributed by atoms with Gasteiger partial charge < -0.3 is 4.74 Å². The lowest BCUT2D eigenvalue weighted by molar-refractivity contribution is 0.436. The summed E-state index contributed by atoms with van der Waals surface area (Å²) in [6.07, 6.45) is 0. The zero-order valence-corrected chi connectivity index (χ0v) is 33.2.